The first-order valence-electron chi connectivity index (χ1n) is 12.6. The van der Waals surface area contributed by atoms with Crippen molar-refractivity contribution in [1.29, 1.82) is 0 Å². The van der Waals surface area contributed by atoms with Crippen LogP contribution in [0.1, 0.15) is 71.6 Å². The summed E-state index contributed by atoms with van der Waals surface area (Å²) < 4.78 is 10.5. The molecule has 9 heteroatoms. The number of carboxylic acid groups (broad SMARTS) is 1. The van der Waals surface area contributed by atoms with E-state index in [0.717, 1.165) is 50.2 Å². The van der Waals surface area contributed by atoms with Crippen molar-refractivity contribution in [2.24, 2.45) is 0 Å². The summed E-state index contributed by atoms with van der Waals surface area (Å²) in [6, 6.07) is 3.28. The zero-order valence-electron chi connectivity index (χ0n) is 22.3. The van der Waals surface area contributed by atoms with Gasteiger partial charge >= 0.3 is 12.1 Å². The van der Waals surface area contributed by atoms with Crippen LogP contribution in [0.5, 0.6) is 0 Å². The van der Waals surface area contributed by atoms with Gasteiger partial charge in [0.15, 0.2) is 0 Å². The van der Waals surface area contributed by atoms with Crippen LogP contribution in [0.3, 0.4) is 0 Å². The fraction of sp³-hybridized carbons (Fsp3) is 0.731. The largest absolute Gasteiger partial charge is 0.480 e. The molecular weight excluding hydrogens is 448 g/mol. The van der Waals surface area contributed by atoms with Gasteiger partial charge in [0, 0.05) is 38.0 Å². The highest BCUT2D eigenvalue weighted by atomic mass is 16.6. The number of rotatable bonds is 13. The van der Waals surface area contributed by atoms with Crippen molar-refractivity contribution >= 4 is 17.9 Å². The van der Waals surface area contributed by atoms with Crippen LogP contribution in [-0.4, -0.2) is 77.6 Å². The van der Waals surface area contributed by atoms with Crippen LogP contribution in [0.2, 0.25) is 0 Å². The standard InChI is InChI=1S/C26H44N4O5/c1-25(2,3)35-24(33)29-21(23(31)32)13-16-30(17-18-34-6)26(4,5)14-7-10-20-12-11-19-9-8-15-27-22(19)28-20/h11-12,21H,7-10,13-18H2,1-6H3,(H,27,28)(H,29,33)(H,31,32)/t21-/m0/s1. The van der Waals surface area contributed by atoms with Gasteiger partial charge in [-0.3, -0.25) is 4.90 Å². The van der Waals surface area contributed by atoms with Crippen molar-refractivity contribution in [3.63, 3.8) is 0 Å². The smallest absolute Gasteiger partial charge is 0.408 e. The molecule has 198 valence electrons. The monoisotopic (exact) mass is 492 g/mol. The molecule has 1 aromatic rings. The maximum Gasteiger partial charge on any atom is 0.408 e. The van der Waals surface area contributed by atoms with E-state index < -0.39 is 23.7 Å². The number of carbonyl (C=O) groups excluding carboxylic acids is 1. The number of anilines is 1. The molecule has 0 unspecified atom stereocenters. The number of pyridine rings is 1. The number of hydrogen-bond acceptors (Lipinski definition) is 7. The van der Waals surface area contributed by atoms with E-state index in [1.54, 1.807) is 27.9 Å². The molecule has 0 radical (unpaired) electrons. The molecule has 0 fully saturated rings. The average molecular weight is 493 g/mol. The maximum absolute atomic E-state index is 12.1. The maximum atomic E-state index is 12.1. The van der Waals surface area contributed by atoms with Crippen LogP contribution < -0.4 is 10.6 Å². The number of amides is 1. The first-order chi connectivity index (χ1) is 16.4. The zero-order valence-corrected chi connectivity index (χ0v) is 22.3. The van der Waals surface area contributed by atoms with Crippen LogP contribution in [0, 0.1) is 0 Å². The summed E-state index contributed by atoms with van der Waals surface area (Å²) >= 11 is 0. The summed E-state index contributed by atoms with van der Waals surface area (Å²) in [6.07, 6.45) is 4.53. The van der Waals surface area contributed by atoms with E-state index in [1.165, 1.54) is 5.56 Å². The number of aromatic nitrogens is 1. The zero-order chi connectivity index (χ0) is 26.1. The van der Waals surface area contributed by atoms with Crippen LogP contribution in [0.15, 0.2) is 12.1 Å². The van der Waals surface area contributed by atoms with E-state index in [-0.39, 0.29) is 12.0 Å². The van der Waals surface area contributed by atoms with E-state index in [4.69, 9.17) is 14.5 Å². The molecule has 0 saturated heterocycles. The van der Waals surface area contributed by atoms with Gasteiger partial charge in [0.1, 0.15) is 17.5 Å². The highest BCUT2D eigenvalue weighted by Gasteiger charge is 2.29. The summed E-state index contributed by atoms with van der Waals surface area (Å²) in [5.41, 5.74) is 1.51. The number of carboxylic acids is 1. The van der Waals surface area contributed by atoms with Gasteiger partial charge in [-0.05, 0) is 84.8 Å². The molecule has 1 aromatic heterocycles. The Morgan fingerprint density at radius 2 is 1.97 bits per heavy atom. The summed E-state index contributed by atoms with van der Waals surface area (Å²) in [4.78, 5) is 30.9. The van der Waals surface area contributed by atoms with Gasteiger partial charge in [-0.1, -0.05) is 6.07 Å². The van der Waals surface area contributed by atoms with Crippen molar-refractivity contribution in [2.75, 3.05) is 38.7 Å². The number of carbonyl (C=O) groups is 2. The van der Waals surface area contributed by atoms with Crippen LogP contribution in [0.25, 0.3) is 0 Å². The normalized spacial score (nSPS) is 14.7. The third-order valence-electron chi connectivity index (χ3n) is 6.27. The van der Waals surface area contributed by atoms with Crippen molar-refractivity contribution in [1.82, 2.24) is 15.2 Å². The molecule has 2 heterocycles. The molecule has 1 aliphatic heterocycles. The number of ether oxygens (including phenoxy) is 2. The summed E-state index contributed by atoms with van der Waals surface area (Å²) in [7, 11) is 1.66. The minimum atomic E-state index is -1.08. The van der Waals surface area contributed by atoms with Gasteiger partial charge in [-0.25, -0.2) is 14.6 Å². The first-order valence-corrected chi connectivity index (χ1v) is 12.6. The van der Waals surface area contributed by atoms with E-state index in [0.29, 0.717) is 19.7 Å². The SMILES string of the molecule is COCCN(CC[C@H](NC(=O)OC(C)(C)C)C(=O)O)C(C)(C)CCCc1ccc2c(n1)NCCC2. The second kappa shape index (κ2) is 13.1. The Bertz CT molecular complexity index is 838. The van der Waals surface area contributed by atoms with Gasteiger partial charge in [-0.15, -0.1) is 0 Å². The number of nitrogens with zero attached hydrogens (tertiary/aromatic N) is 2. The molecule has 0 saturated carbocycles. The topological polar surface area (TPSA) is 113 Å². The number of methoxy groups -OCH3 is 1. The molecular formula is C26H44N4O5. The lowest BCUT2D eigenvalue weighted by Gasteiger charge is -2.39. The highest BCUT2D eigenvalue weighted by molar-refractivity contribution is 5.80. The number of aliphatic carboxylic acids is 1. The minimum absolute atomic E-state index is 0.181. The summed E-state index contributed by atoms with van der Waals surface area (Å²) in [5.74, 6) is -0.0561. The van der Waals surface area contributed by atoms with Gasteiger partial charge < -0.3 is 25.2 Å². The van der Waals surface area contributed by atoms with Crippen LogP contribution in [0.4, 0.5) is 10.6 Å². The fourth-order valence-corrected chi connectivity index (χ4v) is 4.28. The summed E-state index contributed by atoms with van der Waals surface area (Å²) in [5, 5.41) is 15.5. The van der Waals surface area contributed by atoms with E-state index in [9.17, 15) is 14.7 Å². The Hall–Kier alpha value is -2.39. The molecule has 3 N–H and O–H groups in total. The van der Waals surface area contributed by atoms with E-state index >= 15 is 0 Å². The van der Waals surface area contributed by atoms with Gasteiger partial charge in [0.25, 0.3) is 0 Å². The molecule has 1 atom stereocenters. The second-order valence-corrected chi connectivity index (χ2v) is 10.8. The van der Waals surface area contributed by atoms with Gasteiger partial charge in [0.2, 0.25) is 0 Å². The minimum Gasteiger partial charge on any atom is -0.480 e. The third kappa shape index (κ3) is 10.0. The van der Waals surface area contributed by atoms with E-state index in [1.807, 2.05) is 0 Å². The molecule has 0 spiro atoms. The Balaban J connectivity index is 1.95. The molecule has 1 amide bonds. The van der Waals surface area contributed by atoms with Gasteiger partial charge in [0.05, 0.1) is 6.61 Å². The summed E-state index contributed by atoms with van der Waals surface area (Å²) in [6.45, 7) is 12.3. The van der Waals surface area contributed by atoms with Crippen molar-refractivity contribution in [3.8, 4) is 0 Å². The number of aryl methyl sites for hydroxylation is 2. The Labute approximate surface area is 210 Å². The Morgan fingerprint density at radius 1 is 1.23 bits per heavy atom. The highest BCUT2D eigenvalue weighted by Crippen LogP contribution is 2.24. The molecule has 0 bridgehead atoms. The van der Waals surface area contributed by atoms with Gasteiger partial charge in [-0.2, -0.15) is 0 Å². The number of hydrogen-bond donors (Lipinski definition) is 3. The number of fused-ring (bicyclic) bond motifs is 1. The molecule has 9 nitrogen and oxygen atoms in total. The molecule has 35 heavy (non-hydrogen) atoms. The lowest BCUT2D eigenvalue weighted by atomic mass is 9.93. The molecule has 0 aliphatic carbocycles. The fourth-order valence-electron chi connectivity index (χ4n) is 4.28. The van der Waals surface area contributed by atoms with Crippen molar-refractivity contribution < 1.29 is 24.2 Å². The second-order valence-electron chi connectivity index (χ2n) is 10.8. The molecule has 0 aromatic carbocycles. The lowest BCUT2D eigenvalue weighted by molar-refractivity contribution is -0.139. The quantitative estimate of drug-likeness (QED) is 0.380. The predicted molar refractivity (Wildman–Crippen MR) is 137 cm³/mol. The van der Waals surface area contributed by atoms with E-state index in [2.05, 4.69) is 41.5 Å². The van der Waals surface area contributed by atoms with Crippen molar-refractivity contribution in [3.05, 3.63) is 23.4 Å². The first kappa shape index (κ1) is 28.8. The predicted octanol–water partition coefficient (Wildman–Crippen LogP) is 3.86. The Kier molecular flexibility index (Phi) is 10.8. The van der Waals surface area contributed by atoms with Crippen LogP contribution in [-0.2, 0) is 27.1 Å². The molecule has 2 rings (SSSR count). The van der Waals surface area contributed by atoms with Crippen LogP contribution >= 0.6 is 0 Å². The number of nitrogens with one attached hydrogen (secondary N) is 2. The lowest BCUT2D eigenvalue weighted by Crippen LogP contribution is -2.50. The Morgan fingerprint density at radius 3 is 2.63 bits per heavy atom. The molecule has 1 aliphatic rings. The third-order valence-corrected chi connectivity index (χ3v) is 6.27. The average Bonchev–Trinajstić information content (AvgIpc) is 2.76. The number of alkyl carbamates (subject to hydrolysis) is 1. The van der Waals surface area contributed by atoms with Crippen molar-refractivity contribution in [2.45, 2.75) is 90.3 Å².